The molecule has 1 saturated heterocycles. The zero-order chi connectivity index (χ0) is 18.5. The van der Waals surface area contributed by atoms with Crippen molar-refractivity contribution < 1.29 is 4.79 Å². The molecule has 0 aliphatic carbocycles. The molecule has 0 saturated carbocycles. The molecule has 138 valence electrons. The zero-order valence-corrected chi connectivity index (χ0v) is 14.9. The Morgan fingerprint density at radius 1 is 0.926 bits per heavy atom. The third kappa shape index (κ3) is 4.22. The van der Waals surface area contributed by atoms with Gasteiger partial charge in [-0.2, -0.15) is 0 Å². The summed E-state index contributed by atoms with van der Waals surface area (Å²) in [6, 6.07) is 15.6. The summed E-state index contributed by atoms with van der Waals surface area (Å²) in [5, 5.41) is 17.1. The molecule has 0 radical (unpaired) electrons. The van der Waals surface area contributed by atoms with E-state index >= 15 is 0 Å². The number of nitrogens with one attached hydrogen (secondary N) is 2. The van der Waals surface area contributed by atoms with Gasteiger partial charge in [0.05, 0.1) is 12.2 Å². The van der Waals surface area contributed by atoms with Gasteiger partial charge in [0.1, 0.15) is 6.33 Å². The Morgan fingerprint density at radius 3 is 2.26 bits per heavy atom. The van der Waals surface area contributed by atoms with Gasteiger partial charge >= 0.3 is 0 Å². The van der Waals surface area contributed by atoms with E-state index in [1.54, 1.807) is 4.68 Å². The van der Waals surface area contributed by atoms with Gasteiger partial charge in [-0.15, -0.1) is 5.10 Å². The van der Waals surface area contributed by atoms with Crippen LogP contribution in [0, 0.1) is 0 Å². The summed E-state index contributed by atoms with van der Waals surface area (Å²) < 4.78 is 1.57. The number of hydrogen-bond acceptors (Lipinski definition) is 6. The van der Waals surface area contributed by atoms with E-state index in [2.05, 4.69) is 43.2 Å². The highest BCUT2D eigenvalue weighted by molar-refractivity contribution is 5.93. The summed E-state index contributed by atoms with van der Waals surface area (Å²) in [7, 11) is 0. The fraction of sp³-hybridized carbons (Fsp3) is 0.263. The van der Waals surface area contributed by atoms with Crippen molar-refractivity contribution in [3.8, 4) is 5.69 Å². The highest BCUT2D eigenvalue weighted by Crippen LogP contribution is 2.22. The average Bonchev–Trinajstić information content (AvgIpc) is 3.41. The molecule has 0 spiro atoms. The number of anilines is 3. The second-order valence-corrected chi connectivity index (χ2v) is 6.44. The van der Waals surface area contributed by atoms with Crippen LogP contribution >= 0.6 is 0 Å². The van der Waals surface area contributed by atoms with E-state index in [4.69, 9.17) is 0 Å². The maximum Gasteiger partial charge on any atom is 0.243 e. The molecule has 0 bridgehead atoms. The first kappa shape index (κ1) is 17.0. The number of aromatic nitrogens is 4. The van der Waals surface area contributed by atoms with Crippen molar-refractivity contribution in [3.63, 3.8) is 0 Å². The lowest BCUT2D eigenvalue weighted by atomic mass is 10.2. The summed E-state index contributed by atoms with van der Waals surface area (Å²) in [5.41, 5.74) is 3.73. The molecule has 1 aromatic heterocycles. The van der Waals surface area contributed by atoms with Crippen molar-refractivity contribution in [2.75, 3.05) is 35.2 Å². The van der Waals surface area contributed by atoms with Crippen LogP contribution in [0.1, 0.15) is 12.8 Å². The molecule has 4 rings (SSSR count). The molecule has 27 heavy (non-hydrogen) atoms. The van der Waals surface area contributed by atoms with Crippen molar-refractivity contribution in [1.29, 1.82) is 0 Å². The van der Waals surface area contributed by atoms with Gasteiger partial charge in [0.2, 0.25) is 5.91 Å². The molecular formula is C19H21N7O. The first-order valence-corrected chi connectivity index (χ1v) is 9.00. The minimum atomic E-state index is -0.0894. The number of hydrogen-bond donors (Lipinski definition) is 2. The molecule has 1 amide bonds. The Balaban J connectivity index is 1.28. The predicted octanol–water partition coefficient (Wildman–Crippen LogP) is 2.31. The molecule has 1 aliphatic rings. The minimum Gasteiger partial charge on any atom is -0.376 e. The molecule has 2 N–H and O–H groups in total. The highest BCUT2D eigenvalue weighted by atomic mass is 16.1. The minimum absolute atomic E-state index is 0.0894. The molecule has 3 aromatic rings. The number of rotatable bonds is 6. The van der Waals surface area contributed by atoms with Gasteiger partial charge in [0, 0.05) is 30.2 Å². The summed E-state index contributed by atoms with van der Waals surface area (Å²) in [6.45, 7) is 2.42. The topological polar surface area (TPSA) is 88.0 Å². The molecule has 1 aliphatic heterocycles. The van der Waals surface area contributed by atoms with Crippen molar-refractivity contribution in [2.24, 2.45) is 0 Å². The first-order chi connectivity index (χ1) is 13.3. The number of carbonyl (C=O) groups excluding carboxylic acids is 1. The van der Waals surface area contributed by atoms with E-state index in [0.717, 1.165) is 30.2 Å². The van der Waals surface area contributed by atoms with Crippen LogP contribution < -0.4 is 15.5 Å². The maximum atomic E-state index is 12.2. The first-order valence-electron chi connectivity index (χ1n) is 9.00. The van der Waals surface area contributed by atoms with Crippen LogP contribution in [0.4, 0.5) is 17.1 Å². The van der Waals surface area contributed by atoms with Gasteiger partial charge in [-0.25, -0.2) is 4.68 Å². The van der Waals surface area contributed by atoms with Crippen LogP contribution in [-0.2, 0) is 4.79 Å². The number of carbonyl (C=O) groups is 1. The molecule has 8 heteroatoms. The van der Waals surface area contributed by atoms with E-state index in [1.165, 1.54) is 24.9 Å². The van der Waals surface area contributed by atoms with E-state index in [1.807, 2.05) is 36.4 Å². The fourth-order valence-electron chi connectivity index (χ4n) is 3.13. The molecular weight excluding hydrogens is 342 g/mol. The van der Waals surface area contributed by atoms with Crippen LogP contribution in [0.25, 0.3) is 5.69 Å². The largest absolute Gasteiger partial charge is 0.376 e. The Morgan fingerprint density at radius 2 is 1.59 bits per heavy atom. The van der Waals surface area contributed by atoms with Crippen LogP contribution in [0.3, 0.4) is 0 Å². The van der Waals surface area contributed by atoms with Crippen LogP contribution in [-0.4, -0.2) is 45.7 Å². The third-order valence-corrected chi connectivity index (χ3v) is 4.56. The third-order valence-electron chi connectivity index (χ3n) is 4.56. The van der Waals surface area contributed by atoms with Gasteiger partial charge < -0.3 is 15.5 Å². The van der Waals surface area contributed by atoms with E-state index in [0.29, 0.717) is 0 Å². The Kier molecular flexibility index (Phi) is 4.95. The zero-order valence-electron chi connectivity index (χ0n) is 14.9. The Bertz CT molecular complexity index is 869. The molecule has 0 unspecified atom stereocenters. The molecule has 1 fully saturated rings. The van der Waals surface area contributed by atoms with Gasteiger partial charge in [-0.3, -0.25) is 4.79 Å². The average molecular weight is 363 g/mol. The lowest BCUT2D eigenvalue weighted by Crippen LogP contribution is -2.22. The van der Waals surface area contributed by atoms with Crippen LogP contribution in [0.15, 0.2) is 54.9 Å². The molecule has 2 aromatic carbocycles. The van der Waals surface area contributed by atoms with Gasteiger partial charge in [0.15, 0.2) is 0 Å². The van der Waals surface area contributed by atoms with Crippen LogP contribution in [0.5, 0.6) is 0 Å². The lowest BCUT2D eigenvalue weighted by Gasteiger charge is -2.17. The van der Waals surface area contributed by atoms with E-state index in [-0.39, 0.29) is 12.5 Å². The quantitative estimate of drug-likeness (QED) is 0.699. The fourth-order valence-corrected chi connectivity index (χ4v) is 3.13. The second-order valence-electron chi connectivity index (χ2n) is 6.44. The van der Waals surface area contributed by atoms with Gasteiger partial charge in [0.25, 0.3) is 0 Å². The smallest absolute Gasteiger partial charge is 0.243 e. The van der Waals surface area contributed by atoms with Crippen molar-refractivity contribution in [1.82, 2.24) is 20.2 Å². The lowest BCUT2D eigenvalue weighted by molar-refractivity contribution is -0.114. The number of benzene rings is 2. The molecule has 2 heterocycles. The van der Waals surface area contributed by atoms with Gasteiger partial charge in [-0.1, -0.05) is 0 Å². The summed E-state index contributed by atoms with van der Waals surface area (Å²) in [4.78, 5) is 14.5. The summed E-state index contributed by atoms with van der Waals surface area (Å²) in [5.74, 6) is -0.0894. The van der Waals surface area contributed by atoms with Crippen molar-refractivity contribution >= 4 is 23.0 Å². The Labute approximate surface area is 157 Å². The molecule has 8 nitrogen and oxygen atoms in total. The highest BCUT2D eigenvalue weighted by Gasteiger charge is 2.12. The van der Waals surface area contributed by atoms with Crippen LogP contribution in [0.2, 0.25) is 0 Å². The Hall–Kier alpha value is -3.42. The normalized spacial score (nSPS) is 13.6. The number of nitrogens with zero attached hydrogens (tertiary/aromatic N) is 5. The van der Waals surface area contributed by atoms with Crippen molar-refractivity contribution in [2.45, 2.75) is 12.8 Å². The SMILES string of the molecule is O=C(CNc1ccc(-n2cnnn2)cc1)Nc1ccc(N2CCCC2)cc1. The maximum absolute atomic E-state index is 12.2. The van der Waals surface area contributed by atoms with Crippen molar-refractivity contribution in [3.05, 3.63) is 54.9 Å². The number of amides is 1. The predicted molar refractivity (Wildman–Crippen MR) is 104 cm³/mol. The van der Waals surface area contributed by atoms with Gasteiger partial charge in [-0.05, 0) is 71.8 Å². The molecule has 0 atom stereocenters. The summed E-state index contributed by atoms with van der Waals surface area (Å²) in [6.07, 6.45) is 4.03. The standard InChI is InChI=1S/C19H21N7O/c27-19(22-16-5-7-17(8-6-16)25-11-1-2-12-25)13-20-15-3-9-18(10-4-15)26-14-21-23-24-26/h3-10,14,20H,1-2,11-13H2,(H,22,27). The summed E-state index contributed by atoms with van der Waals surface area (Å²) >= 11 is 0. The van der Waals surface area contributed by atoms with E-state index < -0.39 is 0 Å². The number of tetrazole rings is 1. The monoisotopic (exact) mass is 363 g/mol. The second kappa shape index (κ2) is 7.86. The van der Waals surface area contributed by atoms with E-state index in [9.17, 15) is 4.79 Å².